The lowest BCUT2D eigenvalue weighted by molar-refractivity contribution is -0.120. The van der Waals surface area contributed by atoms with Crippen LogP contribution in [0.3, 0.4) is 0 Å². The average molecular weight is 305 g/mol. The molecule has 1 aromatic carbocycles. The highest BCUT2D eigenvalue weighted by Crippen LogP contribution is 2.33. The monoisotopic (exact) mass is 305 g/mol. The molecule has 2 rings (SSSR count). The standard InChI is InChI=1S/C16H23N3O3/c1-11(10-17)16(21)18-12-6-7-14(22-2)13(9-12)19-8-4-3-5-15(19)20/h6-7,9,11H,3-5,8,10,17H2,1-2H3,(H,18,21). The van der Waals surface area contributed by atoms with Gasteiger partial charge in [0.1, 0.15) is 5.75 Å². The average Bonchev–Trinajstić information content (AvgIpc) is 2.54. The predicted molar refractivity (Wildman–Crippen MR) is 86.0 cm³/mol. The number of nitrogens with zero attached hydrogens (tertiary/aromatic N) is 1. The summed E-state index contributed by atoms with van der Waals surface area (Å²) in [6.45, 7) is 2.74. The van der Waals surface area contributed by atoms with E-state index < -0.39 is 0 Å². The summed E-state index contributed by atoms with van der Waals surface area (Å²) in [5.74, 6) is 0.314. The van der Waals surface area contributed by atoms with E-state index in [-0.39, 0.29) is 17.7 Å². The van der Waals surface area contributed by atoms with Crippen LogP contribution in [-0.4, -0.2) is 32.0 Å². The summed E-state index contributed by atoms with van der Waals surface area (Å²) < 4.78 is 5.35. The van der Waals surface area contributed by atoms with E-state index in [1.165, 1.54) is 0 Å². The molecule has 1 fully saturated rings. The molecule has 0 saturated carbocycles. The maximum atomic E-state index is 12.1. The number of carbonyl (C=O) groups is 2. The summed E-state index contributed by atoms with van der Waals surface area (Å²) >= 11 is 0. The topological polar surface area (TPSA) is 84.7 Å². The van der Waals surface area contributed by atoms with Gasteiger partial charge in [0.25, 0.3) is 0 Å². The van der Waals surface area contributed by atoms with E-state index in [1.807, 2.05) is 0 Å². The fourth-order valence-corrected chi connectivity index (χ4v) is 2.41. The lowest BCUT2D eigenvalue weighted by Gasteiger charge is -2.28. The first-order valence-electron chi connectivity index (χ1n) is 7.56. The van der Waals surface area contributed by atoms with Gasteiger partial charge < -0.3 is 20.7 Å². The number of rotatable bonds is 5. The molecule has 3 N–H and O–H groups in total. The molecule has 1 heterocycles. The molecule has 120 valence electrons. The van der Waals surface area contributed by atoms with Gasteiger partial charge in [0.2, 0.25) is 11.8 Å². The number of hydrogen-bond donors (Lipinski definition) is 2. The van der Waals surface area contributed by atoms with Crippen molar-refractivity contribution in [3.05, 3.63) is 18.2 Å². The molecule has 1 aliphatic heterocycles. The van der Waals surface area contributed by atoms with E-state index in [0.717, 1.165) is 12.8 Å². The van der Waals surface area contributed by atoms with Crippen molar-refractivity contribution < 1.29 is 14.3 Å². The molecule has 0 aliphatic carbocycles. The maximum absolute atomic E-state index is 12.1. The minimum Gasteiger partial charge on any atom is -0.495 e. The van der Waals surface area contributed by atoms with Gasteiger partial charge in [-0.25, -0.2) is 0 Å². The zero-order chi connectivity index (χ0) is 16.1. The second kappa shape index (κ2) is 7.26. The molecule has 0 radical (unpaired) electrons. The maximum Gasteiger partial charge on any atom is 0.228 e. The Hall–Kier alpha value is -2.08. The first kappa shape index (κ1) is 16.3. The van der Waals surface area contributed by atoms with E-state index in [4.69, 9.17) is 10.5 Å². The van der Waals surface area contributed by atoms with Crippen LogP contribution in [0.25, 0.3) is 0 Å². The van der Waals surface area contributed by atoms with Crippen molar-refractivity contribution in [2.45, 2.75) is 26.2 Å². The van der Waals surface area contributed by atoms with Gasteiger partial charge in [-0.2, -0.15) is 0 Å². The predicted octanol–water partition coefficient (Wildman–Crippen LogP) is 1.75. The number of ether oxygens (including phenoxy) is 1. The molecule has 0 bridgehead atoms. The third-order valence-corrected chi connectivity index (χ3v) is 3.86. The minimum absolute atomic E-state index is 0.0864. The van der Waals surface area contributed by atoms with E-state index in [2.05, 4.69) is 5.32 Å². The first-order chi connectivity index (χ1) is 10.6. The molecular weight excluding hydrogens is 282 g/mol. The van der Waals surface area contributed by atoms with Crippen LogP contribution in [0.5, 0.6) is 5.75 Å². The van der Waals surface area contributed by atoms with Gasteiger partial charge in [-0.3, -0.25) is 9.59 Å². The minimum atomic E-state index is -0.262. The highest BCUT2D eigenvalue weighted by Gasteiger charge is 2.23. The van der Waals surface area contributed by atoms with Crippen LogP contribution in [-0.2, 0) is 9.59 Å². The summed E-state index contributed by atoms with van der Waals surface area (Å²) in [5, 5.41) is 2.83. The second-order valence-electron chi connectivity index (χ2n) is 5.52. The lowest BCUT2D eigenvalue weighted by atomic mass is 10.1. The van der Waals surface area contributed by atoms with Gasteiger partial charge in [-0.1, -0.05) is 6.92 Å². The Morgan fingerprint density at radius 3 is 2.86 bits per heavy atom. The Kier molecular flexibility index (Phi) is 5.38. The van der Waals surface area contributed by atoms with Crippen molar-refractivity contribution in [1.29, 1.82) is 0 Å². The van der Waals surface area contributed by atoms with E-state index in [1.54, 1.807) is 37.1 Å². The van der Waals surface area contributed by atoms with Crippen molar-refractivity contribution in [2.75, 3.05) is 30.4 Å². The molecule has 0 aromatic heterocycles. The summed E-state index contributed by atoms with van der Waals surface area (Å²) in [4.78, 5) is 25.8. The van der Waals surface area contributed by atoms with Crippen LogP contribution >= 0.6 is 0 Å². The van der Waals surface area contributed by atoms with Crippen LogP contribution in [0.4, 0.5) is 11.4 Å². The quantitative estimate of drug-likeness (QED) is 0.868. The third kappa shape index (κ3) is 3.57. The number of piperidine rings is 1. The summed E-state index contributed by atoms with van der Waals surface area (Å²) in [6, 6.07) is 5.31. The van der Waals surface area contributed by atoms with Crippen LogP contribution in [0.1, 0.15) is 26.2 Å². The number of amides is 2. The van der Waals surface area contributed by atoms with Crippen molar-refractivity contribution >= 4 is 23.2 Å². The number of methoxy groups -OCH3 is 1. The smallest absolute Gasteiger partial charge is 0.228 e. The number of nitrogens with one attached hydrogen (secondary N) is 1. The fourth-order valence-electron chi connectivity index (χ4n) is 2.41. The van der Waals surface area contributed by atoms with Crippen molar-refractivity contribution in [1.82, 2.24) is 0 Å². The zero-order valence-corrected chi connectivity index (χ0v) is 13.1. The molecule has 1 aromatic rings. The van der Waals surface area contributed by atoms with Crippen LogP contribution in [0.15, 0.2) is 18.2 Å². The molecule has 6 heteroatoms. The number of hydrogen-bond acceptors (Lipinski definition) is 4. The molecule has 6 nitrogen and oxygen atoms in total. The molecule has 1 atom stereocenters. The molecule has 22 heavy (non-hydrogen) atoms. The van der Waals surface area contributed by atoms with Gasteiger partial charge in [0, 0.05) is 31.1 Å². The fraction of sp³-hybridized carbons (Fsp3) is 0.500. The van der Waals surface area contributed by atoms with Gasteiger partial charge in [-0.05, 0) is 31.0 Å². The van der Waals surface area contributed by atoms with Crippen molar-refractivity contribution in [3.63, 3.8) is 0 Å². The highest BCUT2D eigenvalue weighted by molar-refractivity contribution is 5.98. The molecule has 1 aliphatic rings. The normalized spacial score (nSPS) is 16.3. The second-order valence-corrected chi connectivity index (χ2v) is 5.52. The first-order valence-corrected chi connectivity index (χ1v) is 7.56. The molecule has 0 spiro atoms. The van der Waals surface area contributed by atoms with Crippen LogP contribution < -0.4 is 20.7 Å². The van der Waals surface area contributed by atoms with E-state index >= 15 is 0 Å². The number of nitrogens with two attached hydrogens (primary N) is 1. The SMILES string of the molecule is COc1ccc(NC(=O)C(C)CN)cc1N1CCCCC1=O. The number of anilines is 2. The van der Waals surface area contributed by atoms with Crippen molar-refractivity contribution in [3.8, 4) is 5.75 Å². The van der Waals surface area contributed by atoms with Crippen LogP contribution in [0.2, 0.25) is 0 Å². The van der Waals surface area contributed by atoms with Gasteiger partial charge >= 0.3 is 0 Å². The number of benzene rings is 1. The van der Waals surface area contributed by atoms with E-state index in [9.17, 15) is 9.59 Å². The molecule has 1 saturated heterocycles. The summed E-state index contributed by atoms with van der Waals surface area (Å²) in [5.41, 5.74) is 6.84. The van der Waals surface area contributed by atoms with Gasteiger partial charge in [0.05, 0.1) is 12.8 Å². The molecule has 1 unspecified atom stereocenters. The summed E-state index contributed by atoms with van der Waals surface area (Å²) in [6.07, 6.45) is 2.43. The Bertz CT molecular complexity index is 560. The zero-order valence-electron chi connectivity index (χ0n) is 13.1. The van der Waals surface area contributed by atoms with Gasteiger partial charge in [-0.15, -0.1) is 0 Å². The third-order valence-electron chi connectivity index (χ3n) is 3.86. The van der Waals surface area contributed by atoms with E-state index in [0.29, 0.717) is 36.6 Å². The molecular formula is C16H23N3O3. The van der Waals surface area contributed by atoms with Gasteiger partial charge in [0.15, 0.2) is 0 Å². The number of carbonyl (C=O) groups excluding carboxylic acids is 2. The Morgan fingerprint density at radius 1 is 1.45 bits per heavy atom. The van der Waals surface area contributed by atoms with Crippen molar-refractivity contribution in [2.24, 2.45) is 11.7 Å². The lowest BCUT2D eigenvalue weighted by Crippen LogP contribution is -2.35. The summed E-state index contributed by atoms with van der Waals surface area (Å²) in [7, 11) is 1.57. The molecule has 2 amide bonds. The largest absolute Gasteiger partial charge is 0.495 e. The Labute approximate surface area is 130 Å². The Morgan fingerprint density at radius 2 is 2.23 bits per heavy atom. The highest BCUT2D eigenvalue weighted by atomic mass is 16.5. The Balaban J connectivity index is 2.26. The van der Waals surface area contributed by atoms with Crippen LogP contribution in [0, 0.1) is 5.92 Å².